The largest absolute Gasteiger partial charge is 0.493 e. The van der Waals surface area contributed by atoms with Crippen LogP contribution in [-0.4, -0.2) is 76.6 Å². The van der Waals surface area contributed by atoms with Crippen LogP contribution in [0, 0.1) is 3.57 Å². The molecule has 1 fully saturated rings. The van der Waals surface area contributed by atoms with Crippen LogP contribution in [0.1, 0.15) is 48.0 Å². The van der Waals surface area contributed by atoms with Gasteiger partial charge >= 0.3 is 5.63 Å². The highest BCUT2D eigenvalue weighted by molar-refractivity contribution is 14.1. The number of halogens is 1. The minimum absolute atomic E-state index is 0.00286. The van der Waals surface area contributed by atoms with Gasteiger partial charge in [0.1, 0.15) is 23.4 Å². The van der Waals surface area contributed by atoms with Crippen molar-refractivity contribution in [2.24, 2.45) is 0 Å². The van der Waals surface area contributed by atoms with Gasteiger partial charge in [-0.15, -0.1) is 0 Å². The number of aliphatic hydroxyl groups excluding tert-OH is 3. The van der Waals surface area contributed by atoms with Gasteiger partial charge in [0.15, 0.2) is 11.5 Å². The van der Waals surface area contributed by atoms with Crippen LogP contribution in [0.25, 0.3) is 11.0 Å². The summed E-state index contributed by atoms with van der Waals surface area (Å²) < 4.78 is 17.9. The lowest BCUT2D eigenvalue weighted by Crippen LogP contribution is -2.58. The molecule has 0 bridgehead atoms. The van der Waals surface area contributed by atoms with Crippen molar-refractivity contribution in [3.8, 4) is 11.5 Å². The molecule has 2 aromatic carbocycles. The fourth-order valence-corrected chi connectivity index (χ4v) is 6.78. The molecular weight excluding hydrogens is 683 g/mol. The summed E-state index contributed by atoms with van der Waals surface area (Å²) in [6.07, 6.45) is 2.22. The summed E-state index contributed by atoms with van der Waals surface area (Å²) in [5.74, 6) is -0.427. The third-order valence-corrected chi connectivity index (χ3v) is 8.92. The lowest BCUT2D eigenvalue weighted by Gasteiger charge is -2.43. The maximum absolute atomic E-state index is 14.3. The quantitative estimate of drug-likeness (QED) is 0.183. The maximum Gasteiger partial charge on any atom is 0.349 e. The van der Waals surface area contributed by atoms with Crippen molar-refractivity contribution in [3.05, 3.63) is 79.2 Å². The molecule has 1 heterocycles. The van der Waals surface area contributed by atoms with E-state index in [1.807, 2.05) is 22.6 Å². The number of methoxy groups -OCH3 is 1. The van der Waals surface area contributed by atoms with Gasteiger partial charge in [-0.2, -0.15) is 0 Å². The summed E-state index contributed by atoms with van der Waals surface area (Å²) in [6, 6.07) is 10.5. The van der Waals surface area contributed by atoms with Crippen LogP contribution in [0.3, 0.4) is 0 Å². The number of benzene rings is 2. The Bertz CT molecular complexity index is 1610. The fraction of sp³-hybridized carbons (Fsp3) is 0.406. The monoisotopic (exact) mass is 718 g/mol. The minimum Gasteiger partial charge on any atom is -0.493 e. The second-order valence-corrected chi connectivity index (χ2v) is 12.1. The van der Waals surface area contributed by atoms with Crippen molar-refractivity contribution in [2.75, 3.05) is 20.3 Å². The summed E-state index contributed by atoms with van der Waals surface area (Å²) in [7, 11) is 1.46. The van der Waals surface area contributed by atoms with Crippen molar-refractivity contribution in [2.45, 2.75) is 63.0 Å². The molecular formula is C32H35IN2O9. The molecule has 2 aliphatic carbocycles. The smallest absolute Gasteiger partial charge is 0.349 e. The van der Waals surface area contributed by atoms with E-state index in [0.29, 0.717) is 44.4 Å². The molecule has 5 rings (SSSR count). The number of carbonyl (C=O) groups is 2. The van der Waals surface area contributed by atoms with Gasteiger partial charge in [0, 0.05) is 30.0 Å². The van der Waals surface area contributed by atoms with Crippen molar-refractivity contribution in [3.63, 3.8) is 0 Å². The van der Waals surface area contributed by atoms with E-state index in [2.05, 4.69) is 5.32 Å². The topological polar surface area (TPSA) is 159 Å². The zero-order valence-electron chi connectivity index (χ0n) is 24.2. The SMILES string of the molecule is COc1cc(CO)cc(I)c1O[C@H]1C=C(C(=O)NCCO)C[C@@H](N(C(=O)c2cc3ccccc3oc2=O)C2CCCC2)[C@@H]1O. The predicted molar refractivity (Wildman–Crippen MR) is 170 cm³/mol. The van der Waals surface area contributed by atoms with E-state index in [1.54, 1.807) is 41.3 Å². The maximum atomic E-state index is 14.3. The van der Waals surface area contributed by atoms with Gasteiger partial charge in [0.2, 0.25) is 5.91 Å². The molecule has 3 aromatic rings. The molecule has 0 saturated heterocycles. The number of nitrogens with zero attached hydrogens (tertiary/aromatic N) is 1. The highest BCUT2D eigenvalue weighted by Gasteiger charge is 2.44. The number of hydrogen-bond acceptors (Lipinski definition) is 9. The molecule has 11 nitrogen and oxygen atoms in total. The van der Waals surface area contributed by atoms with Crippen molar-refractivity contribution in [1.29, 1.82) is 0 Å². The van der Waals surface area contributed by atoms with E-state index in [-0.39, 0.29) is 43.4 Å². The van der Waals surface area contributed by atoms with E-state index >= 15 is 0 Å². The summed E-state index contributed by atoms with van der Waals surface area (Å²) in [5.41, 5.74) is 0.286. The third kappa shape index (κ3) is 6.63. The normalized spacial score (nSPS) is 20.3. The molecule has 1 aromatic heterocycles. The Morgan fingerprint density at radius 3 is 2.59 bits per heavy atom. The van der Waals surface area contributed by atoms with E-state index < -0.39 is 35.7 Å². The zero-order valence-corrected chi connectivity index (χ0v) is 26.4. The standard InChI is InChI=1S/C32H35IN2O9/c1-42-27-13-18(17-37)12-23(33)29(27)43-26-16-20(30(39)34-10-11-36)15-24(28(26)38)35(21-7-3-4-8-21)31(40)22-14-19-6-2-5-9-25(19)44-32(22)41/h2,5-6,9,12-14,16,21,24,26,28,36-38H,3-4,7-8,10-11,15,17H2,1H3,(H,34,39)/t24-,26+,28+/m1/s1. The molecule has 1 saturated carbocycles. The predicted octanol–water partition coefficient (Wildman–Crippen LogP) is 2.90. The second kappa shape index (κ2) is 14.1. The van der Waals surface area contributed by atoms with Gasteiger partial charge in [0.25, 0.3) is 5.91 Å². The van der Waals surface area contributed by atoms with Crippen molar-refractivity contribution >= 4 is 45.4 Å². The van der Waals surface area contributed by atoms with Gasteiger partial charge in [-0.25, -0.2) is 4.79 Å². The lowest BCUT2D eigenvalue weighted by molar-refractivity contribution is -0.118. The summed E-state index contributed by atoms with van der Waals surface area (Å²) in [5, 5.41) is 34.1. The fourth-order valence-electron chi connectivity index (χ4n) is 5.98. The number of aliphatic hydroxyl groups is 3. The number of fused-ring (bicyclic) bond motifs is 1. The van der Waals surface area contributed by atoms with Crippen molar-refractivity contribution < 1.29 is 38.8 Å². The number of carbonyl (C=O) groups excluding carboxylic acids is 2. The Morgan fingerprint density at radius 2 is 1.89 bits per heavy atom. The molecule has 234 valence electrons. The number of nitrogens with one attached hydrogen (secondary N) is 1. The number of amides is 2. The van der Waals surface area contributed by atoms with Crippen LogP contribution in [0.15, 0.2) is 63.3 Å². The zero-order chi connectivity index (χ0) is 31.4. The van der Waals surface area contributed by atoms with E-state index in [0.717, 1.165) is 12.8 Å². The Morgan fingerprint density at radius 1 is 1.14 bits per heavy atom. The first-order valence-electron chi connectivity index (χ1n) is 14.5. The minimum atomic E-state index is -1.29. The molecule has 0 spiro atoms. The van der Waals surface area contributed by atoms with Crippen LogP contribution < -0.4 is 20.4 Å². The van der Waals surface area contributed by atoms with Crippen LogP contribution in [0.2, 0.25) is 0 Å². The number of hydrogen-bond donors (Lipinski definition) is 4. The highest BCUT2D eigenvalue weighted by atomic mass is 127. The first kappa shape index (κ1) is 31.9. The molecule has 0 radical (unpaired) electrons. The Hall–Kier alpha value is -3.46. The van der Waals surface area contributed by atoms with Gasteiger partial charge in [-0.1, -0.05) is 31.0 Å². The number of ether oxygens (including phenoxy) is 2. The first-order chi connectivity index (χ1) is 21.2. The average molecular weight is 719 g/mol. The Labute approximate surface area is 267 Å². The van der Waals surface area contributed by atoms with Gasteiger partial charge in [0.05, 0.1) is 29.9 Å². The molecule has 2 amide bonds. The van der Waals surface area contributed by atoms with Gasteiger partial charge in [-0.05, 0) is 71.3 Å². The molecule has 4 N–H and O–H groups in total. The van der Waals surface area contributed by atoms with E-state index in [1.165, 1.54) is 19.3 Å². The molecule has 12 heteroatoms. The molecule has 0 unspecified atom stereocenters. The van der Waals surface area contributed by atoms with Crippen LogP contribution >= 0.6 is 22.6 Å². The third-order valence-electron chi connectivity index (χ3n) is 8.12. The first-order valence-corrected chi connectivity index (χ1v) is 15.6. The molecule has 0 aliphatic heterocycles. The summed E-state index contributed by atoms with van der Waals surface area (Å²) in [4.78, 5) is 42.1. The van der Waals surface area contributed by atoms with E-state index in [4.69, 9.17) is 13.9 Å². The number of rotatable bonds is 10. The van der Waals surface area contributed by atoms with E-state index in [9.17, 15) is 29.7 Å². The van der Waals surface area contributed by atoms with Crippen LogP contribution in [-0.2, 0) is 11.4 Å². The summed E-state index contributed by atoms with van der Waals surface area (Å²) >= 11 is 2.04. The second-order valence-electron chi connectivity index (χ2n) is 10.9. The Balaban J connectivity index is 1.57. The highest BCUT2D eigenvalue weighted by Crippen LogP contribution is 2.38. The van der Waals surface area contributed by atoms with Gasteiger partial charge < -0.3 is 39.4 Å². The van der Waals surface area contributed by atoms with Crippen LogP contribution in [0.4, 0.5) is 0 Å². The molecule has 3 atom stereocenters. The average Bonchev–Trinajstić information content (AvgIpc) is 3.56. The lowest BCUT2D eigenvalue weighted by atomic mass is 9.86. The van der Waals surface area contributed by atoms with Gasteiger partial charge in [-0.3, -0.25) is 9.59 Å². The van der Waals surface area contributed by atoms with Crippen molar-refractivity contribution in [1.82, 2.24) is 10.2 Å². The van der Waals surface area contributed by atoms with Crippen LogP contribution in [0.5, 0.6) is 11.5 Å². The molecule has 44 heavy (non-hydrogen) atoms. The summed E-state index contributed by atoms with van der Waals surface area (Å²) in [6.45, 7) is -0.453. The number of para-hydroxylation sites is 1. The molecule has 2 aliphatic rings. The Kier molecular flexibility index (Phi) is 10.2.